The van der Waals surface area contributed by atoms with Crippen LogP contribution in [0.3, 0.4) is 0 Å². The Hall–Kier alpha value is -1.05. The van der Waals surface area contributed by atoms with Gasteiger partial charge in [0, 0.05) is 12.2 Å². The molecular weight excluding hydrogens is 177 g/mol. The van der Waals surface area contributed by atoms with E-state index in [1.807, 2.05) is 6.07 Å². The average molecular weight is 193 g/mol. The van der Waals surface area contributed by atoms with Crippen molar-refractivity contribution in [3.05, 3.63) is 29.6 Å². The van der Waals surface area contributed by atoms with E-state index >= 15 is 0 Å². The predicted molar refractivity (Wildman–Crippen MR) is 57.2 cm³/mol. The van der Waals surface area contributed by atoms with E-state index in [-0.39, 0.29) is 5.82 Å². The highest BCUT2D eigenvalue weighted by atomic mass is 19.1. The molecule has 2 heteroatoms. The Balaban J connectivity index is 2.30. The Bertz CT molecular complexity index is 322. The second kappa shape index (κ2) is 3.99. The molecular formula is C12H16FN. The smallest absolute Gasteiger partial charge is 0.125 e. The van der Waals surface area contributed by atoms with E-state index in [0.717, 1.165) is 12.2 Å². The quantitative estimate of drug-likeness (QED) is 0.757. The zero-order valence-corrected chi connectivity index (χ0v) is 8.52. The molecule has 0 aromatic heterocycles. The molecule has 1 nitrogen and oxygen atoms in total. The van der Waals surface area contributed by atoms with Gasteiger partial charge in [-0.2, -0.15) is 0 Å². The summed E-state index contributed by atoms with van der Waals surface area (Å²) in [5.41, 5.74) is 2.29. The highest BCUT2D eigenvalue weighted by Crippen LogP contribution is 2.34. The summed E-state index contributed by atoms with van der Waals surface area (Å²) in [5.74, 6) is 0.477. The number of anilines is 1. The van der Waals surface area contributed by atoms with Gasteiger partial charge in [-0.1, -0.05) is 19.4 Å². The molecule has 2 rings (SSSR count). The van der Waals surface area contributed by atoms with E-state index in [0.29, 0.717) is 5.92 Å². The van der Waals surface area contributed by atoms with Crippen LogP contribution in [-0.4, -0.2) is 6.54 Å². The van der Waals surface area contributed by atoms with Crippen LogP contribution in [0.25, 0.3) is 0 Å². The van der Waals surface area contributed by atoms with Gasteiger partial charge in [0.05, 0.1) is 0 Å². The Morgan fingerprint density at radius 3 is 3.14 bits per heavy atom. The SMILES string of the molecule is CCCC1CCNc2cc(F)ccc21. The zero-order chi connectivity index (χ0) is 9.97. The Labute approximate surface area is 84.3 Å². The maximum Gasteiger partial charge on any atom is 0.125 e. The van der Waals surface area contributed by atoms with Crippen LogP contribution >= 0.6 is 0 Å². The maximum atomic E-state index is 13.0. The molecule has 0 fully saturated rings. The Morgan fingerprint density at radius 1 is 1.50 bits per heavy atom. The lowest BCUT2D eigenvalue weighted by atomic mass is 9.87. The summed E-state index contributed by atoms with van der Waals surface area (Å²) < 4.78 is 13.0. The molecule has 1 N–H and O–H groups in total. The molecule has 1 aromatic carbocycles. The van der Waals surface area contributed by atoms with Crippen LogP contribution in [0.15, 0.2) is 18.2 Å². The van der Waals surface area contributed by atoms with Crippen molar-refractivity contribution < 1.29 is 4.39 Å². The van der Waals surface area contributed by atoms with Crippen molar-refractivity contribution >= 4 is 5.69 Å². The molecule has 1 heterocycles. The number of hydrogen-bond donors (Lipinski definition) is 1. The summed E-state index contributed by atoms with van der Waals surface area (Å²) in [5, 5.41) is 3.25. The molecule has 1 aliphatic heterocycles. The van der Waals surface area contributed by atoms with Crippen LogP contribution < -0.4 is 5.32 Å². The molecule has 1 aromatic rings. The fourth-order valence-electron chi connectivity index (χ4n) is 2.22. The first-order chi connectivity index (χ1) is 6.81. The van der Waals surface area contributed by atoms with E-state index in [1.165, 1.54) is 24.8 Å². The minimum absolute atomic E-state index is 0.145. The van der Waals surface area contributed by atoms with Crippen molar-refractivity contribution in [1.29, 1.82) is 0 Å². The maximum absolute atomic E-state index is 13.0. The van der Waals surface area contributed by atoms with Crippen LogP contribution in [0, 0.1) is 5.82 Å². The van der Waals surface area contributed by atoms with Crippen molar-refractivity contribution in [3.63, 3.8) is 0 Å². The first kappa shape index (κ1) is 9.50. The summed E-state index contributed by atoms with van der Waals surface area (Å²) in [6.07, 6.45) is 3.58. The fraction of sp³-hybridized carbons (Fsp3) is 0.500. The standard InChI is InChI=1S/C12H16FN/c1-2-3-9-6-7-14-12-8-10(13)4-5-11(9)12/h4-5,8-9,14H,2-3,6-7H2,1H3. The molecule has 0 aliphatic carbocycles. The van der Waals surface area contributed by atoms with Gasteiger partial charge >= 0.3 is 0 Å². The van der Waals surface area contributed by atoms with E-state index in [9.17, 15) is 4.39 Å². The van der Waals surface area contributed by atoms with Crippen LogP contribution in [0.4, 0.5) is 10.1 Å². The number of halogens is 1. The molecule has 0 amide bonds. The minimum Gasteiger partial charge on any atom is -0.385 e. The summed E-state index contributed by atoms with van der Waals surface area (Å²) in [6.45, 7) is 3.17. The lowest BCUT2D eigenvalue weighted by Gasteiger charge is -2.26. The van der Waals surface area contributed by atoms with E-state index in [4.69, 9.17) is 0 Å². The molecule has 0 saturated heterocycles. The molecule has 1 aliphatic rings. The van der Waals surface area contributed by atoms with Gasteiger partial charge in [-0.3, -0.25) is 0 Å². The summed E-state index contributed by atoms with van der Waals surface area (Å²) in [7, 11) is 0. The third-order valence-corrected chi connectivity index (χ3v) is 2.90. The molecule has 76 valence electrons. The Kier molecular flexibility index (Phi) is 2.71. The van der Waals surface area contributed by atoms with Gasteiger partial charge in [0.15, 0.2) is 0 Å². The molecule has 0 spiro atoms. The van der Waals surface area contributed by atoms with E-state index < -0.39 is 0 Å². The second-order valence-electron chi connectivity index (χ2n) is 3.93. The van der Waals surface area contributed by atoms with Crippen molar-refractivity contribution in [2.75, 3.05) is 11.9 Å². The summed E-state index contributed by atoms with van der Waals surface area (Å²) in [6, 6.07) is 5.10. The first-order valence-corrected chi connectivity index (χ1v) is 5.34. The van der Waals surface area contributed by atoms with Crippen LogP contribution in [0.2, 0.25) is 0 Å². The normalized spacial score (nSPS) is 20.0. The van der Waals surface area contributed by atoms with Crippen molar-refractivity contribution in [3.8, 4) is 0 Å². The van der Waals surface area contributed by atoms with Crippen molar-refractivity contribution in [1.82, 2.24) is 0 Å². The van der Waals surface area contributed by atoms with Crippen LogP contribution in [0.5, 0.6) is 0 Å². The van der Waals surface area contributed by atoms with Gasteiger partial charge in [-0.15, -0.1) is 0 Å². The number of fused-ring (bicyclic) bond motifs is 1. The minimum atomic E-state index is -0.145. The van der Waals surface area contributed by atoms with Gasteiger partial charge in [-0.05, 0) is 36.5 Å². The van der Waals surface area contributed by atoms with Gasteiger partial charge < -0.3 is 5.32 Å². The lowest BCUT2D eigenvalue weighted by Crippen LogP contribution is -2.16. The summed E-state index contributed by atoms with van der Waals surface area (Å²) >= 11 is 0. The number of rotatable bonds is 2. The molecule has 0 saturated carbocycles. The largest absolute Gasteiger partial charge is 0.385 e. The number of nitrogens with one attached hydrogen (secondary N) is 1. The van der Waals surface area contributed by atoms with Gasteiger partial charge in [-0.25, -0.2) is 4.39 Å². The second-order valence-corrected chi connectivity index (χ2v) is 3.93. The van der Waals surface area contributed by atoms with E-state index in [2.05, 4.69) is 12.2 Å². The third kappa shape index (κ3) is 1.74. The molecule has 1 atom stereocenters. The van der Waals surface area contributed by atoms with Crippen LogP contribution in [-0.2, 0) is 0 Å². The van der Waals surface area contributed by atoms with Crippen LogP contribution in [0.1, 0.15) is 37.7 Å². The highest BCUT2D eigenvalue weighted by Gasteiger charge is 2.19. The first-order valence-electron chi connectivity index (χ1n) is 5.34. The predicted octanol–water partition coefficient (Wildman–Crippen LogP) is 3.53. The van der Waals surface area contributed by atoms with Gasteiger partial charge in [0.2, 0.25) is 0 Å². The number of hydrogen-bond acceptors (Lipinski definition) is 1. The molecule has 0 bridgehead atoms. The third-order valence-electron chi connectivity index (χ3n) is 2.90. The van der Waals surface area contributed by atoms with E-state index in [1.54, 1.807) is 12.1 Å². The Morgan fingerprint density at radius 2 is 2.36 bits per heavy atom. The topological polar surface area (TPSA) is 12.0 Å². The number of benzene rings is 1. The highest BCUT2D eigenvalue weighted by molar-refractivity contribution is 5.54. The average Bonchev–Trinajstić information content (AvgIpc) is 2.18. The van der Waals surface area contributed by atoms with Gasteiger partial charge in [0.1, 0.15) is 5.82 Å². The zero-order valence-electron chi connectivity index (χ0n) is 8.52. The molecule has 0 radical (unpaired) electrons. The summed E-state index contributed by atoms with van der Waals surface area (Å²) in [4.78, 5) is 0. The molecule has 14 heavy (non-hydrogen) atoms. The lowest BCUT2D eigenvalue weighted by molar-refractivity contribution is 0.565. The molecule has 1 unspecified atom stereocenters. The van der Waals surface area contributed by atoms with Gasteiger partial charge in [0.25, 0.3) is 0 Å². The monoisotopic (exact) mass is 193 g/mol. The van der Waals surface area contributed by atoms with Crippen molar-refractivity contribution in [2.24, 2.45) is 0 Å². The fourth-order valence-corrected chi connectivity index (χ4v) is 2.22. The van der Waals surface area contributed by atoms with Crippen molar-refractivity contribution in [2.45, 2.75) is 32.1 Å².